The minimum Gasteiger partial charge on any atom is -0.494 e. The second kappa shape index (κ2) is 58.3. The third kappa shape index (κ3) is 37.1. The third-order valence-electron chi connectivity index (χ3n) is 21.1. The molecule has 0 unspecified atom stereocenters. The number of benzene rings is 6. The van der Waals surface area contributed by atoms with Gasteiger partial charge in [0, 0.05) is 157 Å². The molecule has 6 aromatic rings. The average Bonchev–Trinajstić information content (AvgIpc) is 0.804. The molecule has 1 fully saturated rings. The zero-order chi connectivity index (χ0) is 89.8. The van der Waals surface area contributed by atoms with Gasteiger partial charge in [-0.1, -0.05) is 135 Å². The molecule has 8 amide bonds. The Morgan fingerprint density at radius 1 is 0.296 bits per heavy atom. The quantitative estimate of drug-likeness (QED) is 0.0130. The van der Waals surface area contributed by atoms with Gasteiger partial charge in [0.2, 0.25) is 29.5 Å². The van der Waals surface area contributed by atoms with E-state index in [2.05, 4.69) is 155 Å². The van der Waals surface area contributed by atoms with Crippen LogP contribution in [0.25, 0.3) is 0 Å². The van der Waals surface area contributed by atoms with Crippen molar-refractivity contribution >= 4 is 58.6 Å². The molecule has 6 aromatic carbocycles. The molecule has 7 rings (SSSR count). The van der Waals surface area contributed by atoms with Gasteiger partial charge in [-0.05, 0) is 134 Å². The second-order valence-corrected chi connectivity index (χ2v) is 31.7. The van der Waals surface area contributed by atoms with Crippen molar-refractivity contribution in [2.24, 2.45) is 0 Å². The molecule has 0 aromatic heterocycles. The number of nitrogens with zero attached hydrogens (tertiary/aromatic N) is 6. The molecule has 0 bridgehead atoms. The summed E-state index contributed by atoms with van der Waals surface area (Å²) in [6.45, 7) is 18.5. The van der Waals surface area contributed by atoms with Gasteiger partial charge in [-0.3, -0.25) is 58.0 Å². The van der Waals surface area contributed by atoms with E-state index in [1.807, 2.05) is 59.9 Å². The number of carbonyl (C=O) groups excluding carboxylic acids is 8. The molecule has 8 N–H and O–H groups in total. The van der Waals surface area contributed by atoms with Crippen LogP contribution >= 0.6 is 0 Å². The van der Waals surface area contributed by atoms with Gasteiger partial charge >= 0.3 is 0 Å². The largest absolute Gasteiger partial charge is 0.494 e. The highest BCUT2D eigenvalue weighted by molar-refractivity contribution is 5.99. The number of carbonyl (C=O) groups is 8. The first-order chi connectivity index (χ1) is 60.7. The van der Waals surface area contributed by atoms with Crippen LogP contribution in [0.3, 0.4) is 0 Å². The van der Waals surface area contributed by atoms with Crippen LogP contribution < -0.4 is 85.5 Å². The predicted octanol–water partition coefficient (Wildman–Crippen LogP) is 10.3. The summed E-state index contributed by atoms with van der Waals surface area (Å²) in [6.07, 6.45) is 11.1. The van der Waals surface area contributed by atoms with Gasteiger partial charge in [0.15, 0.2) is 34.5 Å². The van der Waals surface area contributed by atoms with Crippen molar-refractivity contribution in [2.45, 2.75) is 137 Å². The van der Waals surface area contributed by atoms with Gasteiger partial charge in [0.05, 0.1) is 89.1 Å². The van der Waals surface area contributed by atoms with Gasteiger partial charge < -0.3 is 85.5 Å². The van der Waals surface area contributed by atoms with Crippen molar-refractivity contribution in [2.75, 3.05) is 215 Å². The number of unbranched alkanes of at least 4 members (excludes halogenated alkanes) is 6. The number of para-hydroxylation sites is 3. The summed E-state index contributed by atoms with van der Waals surface area (Å²) < 4.78 is 42.8. The van der Waals surface area contributed by atoms with Crippen LogP contribution in [0.2, 0.25) is 0 Å². The highest BCUT2D eigenvalue weighted by atomic mass is 16.5. The number of ether oxygens (including phenoxy) is 7. The number of hydrogen-bond donors (Lipinski definition) is 8. The second-order valence-electron chi connectivity index (χ2n) is 31.7. The van der Waals surface area contributed by atoms with Crippen molar-refractivity contribution in [1.82, 2.24) is 62.1 Å². The molecule has 125 heavy (non-hydrogen) atoms. The number of hydrogen-bond acceptors (Lipinski definition) is 21. The van der Waals surface area contributed by atoms with E-state index in [-0.39, 0.29) is 138 Å². The summed E-state index contributed by atoms with van der Waals surface area (Å²) in [5.74, 6) is 0.694. The molecule has 0 radical (unpaired) electrons. The lowest BCUT2D eigenvalue weighted by molar-refractivity contribution is -0.125. The highest BCUT2D eigenvalue weighted by Gasteiger charge is 2.27. The van der Waals surface area contributed by atoms with E-state index in [1.165, 1.54) is 11.1 Å². The fourth-order valence-electron chi connectivity index (χ4n) is 13.7. The van der Waals surface area contributed by atoms with Gasteiger partial charge in [0.1, 0.15) is 5.75 Å². The summed E-state index contributed by atoms with van der Waals surface area (Å²) in [5, 5.41) is 23.6. The summed E-state index contributed by atoms with van der Waals surface area (Å²) in [4.78, 5) is 123. The third-order valence-corrected chi connectivity index (χ3v) is 21.1. The minimum absolute atomic E-state index is 0.00894. The van der Waals surface area contributed by atoms with Crippen molar-refractivity contribution in [3.05, 3.63) is 161 Å². The van der Waals surface area contributed by atoms with Gasteiger partial charge in [-0.2, -0.15) is 0 Å². The lowest BCUT2D eigenvalue weighted by Gasteiger charge is -2.33. The molecule has 0 aliphatic carbocycles. The first-order valence-electron chi connectivity index (χ1n) is 45.3. The molecule has 29 heteroatoms. The lowest BCUT2D eigenvalue weighted by Crippen LogP contribution is -2.52. The van der Waals surface area contributed by atoms with Crippen molar-refractivity contribution in [3.63, 3.8) is 0 Å². The topological polar surface area (TPSA) is 317 Å². The Bertz CT molecular complexity index is 4020. The highest BCUT2D eigenvalue weighted by Crippen LogP contribution is 2.37. The number of rotatable bonds is 57. The molecule has 0 saturated carbocycles. The molecule has 29 nitrogen and oxygen atoms in total. The Morgan fingerprint density at radius 2 is 0.544 bits per heavy atom. The molecule has 0 spiro atoms. The molecular weight excluding hydrogens is 1590 g/mol. The predicted molar refractivity (Wildman–Crippen MR) is 493 cm³/mol. The van der Waals surface area contributed by atoms with E-state index < -0.39 is 0 Å². The Kier molecular flexibility index (Phi) is 47.2. The Morgan fingerprint density at radius 3 is 0.816 bits per heavy atom. The van der Waals surface area contributed by atoms with E-state index in [9.17, 15) is 38.4 Å². The Labute approximate surface area is 742 Å². The maximum Gasteiger partial charge on any atom is 0.255 e. The number of anilines is 2. The van der Waals surface area contributed by atoms with Crippen LogP contribution in [0, 0.1) is 0 Å². The van der Waals surface area contributed by atoms with E-state index in [1.54, 1.807) is 54.6 Å². The van der Waals surface area contributed by atoms with Crippen LogP contribution in [-0.2, 0) is 24.0 Å². The van der Waals surface area contributed by atoms with Crippen molar-refractivity contribution in [3.8, 4) is 40.2 Å². The molecule has 1 aliphatic rings. The normalized spacial score (nSPS) is 12.9. The molecule has 1 heterocycles. The van der Waals surface area contributed by atoms with Crippen LogP contribution in [0.1, 0.15) is 185 Å². The summed E-state index contributed by atoms with van der Waals surface area (Å²) in [6, 6.07) is 41.1. The Hall–Kier alpha value is -10.9. The molecule has 1 saturated heterocycles. The fourth-order valence-corrected chi connectivity index (χ4v) is 13.7. The minimum atomic E-state index is -0.381. The standard InChI is InChI=1S/C96H142N14O15/c1-11-17-62-120-82-30-23-27-79(91(82)123-65-20-14-4)94(116)102-51-48-99-87(113)70-108-56-54-107(69-86(112)98-47-46-97-85(111)33-26-68-119-78-44-38-75(39-45-78)90(73-34-40-76(41-35-73)105(7)8)74-36-42-77(43-37-74)106(9)10)55-57-109(71-88(114)100-49-52-103-95(117)80-28-24-31-83(121-63-18-12-2)92(80)124-66-21-15-5)59-61-110(60-58-108)72-89(115)101-50-53-104-96(118)81-29-25-32-84(122-64-19-13-3)93(81)125-67-22-16-6/h23-25,27-32,34-45,90H,11-22,26,33,46-72H2,1-10H3,(H,97,111)(H,98,112)(H,99,113)(H,100,114)(H,101,115)(H,102,116)(H,103,117)(H,104,118). The summed E-state index contributed by atoms with van der Waals surface area (Å²) >= 11 is 0. The van der Waals surface area contributed by atoms with Gasteiger partial charge in [-0.25, -0.2) is 0 Å². The Balaban J connectivity index is 1.02. The maximum absolute atomic E-state index is 14.1. The molecular formula is C96H142N14O15. The van der Waals surface area contributed by atoms with Gasteiger partial charge in [-0.15, -0.1) is 0 Å². The molecule has 686 valence electrons. The number of amides is 8. The lowest BCUT2D eigenvalue weighted by atomic mass is 9.85. The van der Waals surface area contributed by atoms with Crippen LogP contribution in [0.4, 0.5) is 11.4 Å². The molecule has 0 atom stereocenters. The van der Waals surface area contributed by atoms with Crippen LogP contribution in [0.15, 0.2) is 127 Å². The van der Waals surface area contributed by atoms with Crippen molar-refractivity contribution in [1.29, 1.82) is 0 Å². The first-order valence-corrected chi connectivity index (χ1v) is 45.3. The zero-order valence-electron chi connectivity index (χ0n) is 76.0. The maximum atomic E-state index is 14.1. The zero-order valence-corrected chi connectivity index (χ0v) is 76.0. The molecule has 1 aliphatic heterocycles. The average molecular weight is 1730 g/mol. The van der Waals surface area contributed by atoms with E-state index in [0.717, 1.165) is 94.0 Å². The fraction of sp³-hybridized carbons (Fsp3) is 0.542. The van der Waals surface area contributed by atoms with Crippen LogP contribution in [0.5, 0.6) is 40.2 Å². The van der Waals surface area contributed by atoms with Crippen molar-refractivity contribution < 1.29 is 71.5 Å². The van der Waals surface area contributed by atoms with Gasteiger partial charge in [0.25, 0.3) is 17.7 Å². The smallest absolute Gasteiger partial charge is 0.255 e. The summed E-state index contributed by atoms with van der Waals surface area (Å²) in [5.41, 5.74) is 6.66. The van der Waals surface area contributed by atoms with Crippen LogP contribution in [-0.4, -0.2) is 272 Å². The SMILES string of the molecule is CCCCOc1cccc(C(=O)NCCNC(=O)CN2CCN(CC(=O)NCCNC(=O)CCCOc3ccc(C(c4ccc(N(C)C)cc4)c4ccc(N(C)C)cc4)cc3)CCN(CC(=O)NCCNC(=O)c3cccc(OCCCC)c3OCCCC)CCN(CC(=O)NCCNC(=O)c3cccc(OCCCC)c3OCCCC)CC2)c1OCCCC. The number of nitrogens with one attached hydrogen (secondary N) is 8. The van der Waals surface area contributed by atoms with E-state index >= 15 is 0 Å². The monoisotopic (exact) mass is 1730 g/mol. The van der Waals surface area contributed by atoms with E-state index in [4.69, 9.17) is 33.2 Å². The first kappa shape index (κ1) is 101. The summed E-state index contributed by atoms with van der Waals surface area (Å²) in [7, 11) is 8.12. The van der Waals surface area contributed by atoms with E-state index in [0.29, 0.717) is 162 Å².